The zero-order valence-electron chi connectivity index (χ0n) is 20.2. The molecule has 1 saturated carbocycles. The molecular weight excluding hydrogens is 390 g/mol. The number of rotatable bonds is 4. The van der Waals surface area contributed by atoms with Gasteiger partial charge in [0, 0.05) is 13.1 Å². The largest absolute Gasteiger partial charge is 0.372 e. The molecule has 2 aliphatic rings. The normalized spacial score (nSPS) is 17.2. The van der Waals surface area contributed by atoms with Crippen LogP contribution < -0.4 is 11.5 Å². The molecule has 4 N–H and O–H groups in total. The highest BCUT2D eigenvalue weighted by atomic mass is 16.1. The number of hydrogen-bond acceptors (Lipinski definition) is 4. The monoisotopic (exact) mass is 433 g/mol. The summed E-state index contributed by atoms with van der Waals surface area (Å²) in [5.74, 6) is 1.29. The minimum Gasteiger partial charge on any atom is -0.372 e. The fourth-order valence-electron chi connectivity index (χ4n) is 3.69. The Bertz CT molecular complexity index is 712. The molecule has 3 rings (SSSR count). The lowest BCUT2D eigenvalue weighted by Gasteiger charge is -2.12. The number of allylic oxidation sites excluding steroid dienone is 1. The van der Waals surface area contributed by atoms with Crippen LogP contribution in [0.25, 0.3) is 6.08 Å². The first kappa shape index (κ1) is 26.9. The zero-order valence-corrected chi connectivity index (χ0v) is 20.2. The van der Waals surface area contributed by atoms with Gasteiger partial charge in [0.2, 0.25) is 6.41 Å². The van der Waals surface area contributed by atoms with Crippen molar-refractivity contribution in [3.8, 4) is 0 Å². The average molecular weight is 434 g/mol. The molecule has 31 heavy (non-hydrogen) atoms. The Morgan fingerprint density at radius 2 is 1.77 bits per heavy atom. The molecule has 0 spiro atoms. The number of hydrogen-bond donors (Lipinski definition) is 2. The molecule has 0 radical (unpaired) electrons. The summed E-state index contributed by atoms with van der Waals surface area (Å²) in [6, 6.07) is 0. The molecule has 2 amide bonds. The number of amides is 2. The van der Waals surface area contributed by atoms with Crippen LogP contribution in [0.3, 0.4) is 0 Å². The summed E-state index contributed by atoms with van der Waals surface area (Å²) in [6.07, 6.45) is 13.5. The number of primary amides is 2. The fourth-order valence-corrected chi connectivity index (χ4v) is 3.69. The molecule has 1 aliphatic carbocycles. The van der Waals surface area contributed by atoms with E-state index in [0.29, 0.717) is 11.1 Å². The maximum Gasteiger partial charge on any atom is 0.269 e. The number of imidazole rings is 1. The topological polar surface area (TPSA) is 107 Å². The van der Waals surface area contributed by atoms with Crippen LogP contribution in [0.1, 0.15) is 94.6 Å². The number of carbonyl (C=O) groups is 2. The van der Waals surface area contributed by atoms with Crippen LogP contribution in [0.2, 0.25) is 0 Å². The van der Waals surface area contributed by atoms with Crippen molar-refractivity contribution in [2.75, 3.05) is 13.6 Å². The van der Waals surface area contributed by atoms with Gasteiger partial charge in [-0.15, -0.1) is 0 Å². The highest BCUT2D eigenvalue weighted by Crippen LogP contribution is 2.28. The van der Waals surface area contributed by atoms with E-state index in [-0.39, 0.29) is 6.41 Å². The smallest absolute Gasteiger partial charge is 0.269 e. The van der Waals surface area contributed by atoms with Crippen molar-refractivity contribution in [2.45, 2.75) is 85.7 Å². The van der Waals surface area contributed by atoms with Crippen molar-refractivity contribution in [3.63, 3.8) is 0 Å². The lowest BCUT2D eigenvalue weighted by molar-refractivity contribution is -0.106. The van der Waals surface area contributed by atoms with E-state index < -0.39 is 5.91 Å². The van der Waals surface area contributed by atoms with Crippen LogP contribution >= 0.6 is 0 Å². The zero-order chi connectivity index (χ0) is 23.4. The number of fused-ring (bicyclic) bond motifs is 1. The minimum absolute atomic E-state index is 0.250. The predicted octanol–water partition coefficient (Wildman–Crippen LogP) is 3.96. The molecule has 1 fully saturated rings. The molecule has 176 valence electrons. The van der Waals surface area contributed by atoms with Crippen LogP contribution in [0.15, 0.2) is 6.08 Å². The van der Waals surface area contributed by atoms with Crippen LogP contribution in [-0.4, -0.2) is 40.4 Å². The van der Waals surface area contributed by atoms with Gasteiger partial charge in [-0.2, -0.15) is 0 Å². The van der Waals surface area contributed by atoms with Crippen molar-refractivity contribution >= 4 is 18.4 Å². The summed E-state index contributed by atoms with van der Waals surface area (Å²) in [5, 5.41) is 0. The molecular formula is C24H43N5O2. The molecule has 1 aliphatic heterocycles. The summed E-state index contributed by atoms with van der Waals surface area (Å²) in [7, 11) is 2.07. The van der Waals surface area contributed by atoms with Crippen molar-refractivity contribution in [2.24, 2.45) is 22.8 Å². The van der Waals surface area contributed by atoms with E-state index in [9.17, 15) is 4.79 Å². The molecule has 7 nitrogen and oxygen atoms in total. The van der Waals surface area contributed by atoms with E-state index in [0.717, 1.165) is 49.9 Å². The van der Waals surface area contributed by atoms with E-state index >= 15 is 0 Å². The Balaban J connectivity index is 0.000000455. The van der Waals surface area contributed by atoms with Crippen LogP contribution in [-0.2, 0) is 17.9 Å². The number of aromatic nitrogens is 2. The van der Waals surface area contributed by atoms with E-state index in [1.807, 2.05) is 0 Å². The minimum atomic E-state index is -0.422. The fraction of sp³-hybridized carbons (Fsp3) is 0.708. The maximum absolute atomic E-state index is 11.7. The van der Waals surface area contributed by atoms with Crippen LogP contribution in [0.4, 0.5) is 0 Å². The van der Waals surface area contributed by atoms with Gasteiger partial charge in [0.05, 0.1) is 5.69 Å². The highest BCUT2D eigenvalue weighted by Gasteiger charge is 2.22. The van der Waals surface area contributed by atoms with Crippen molar-refractivity contribution in [1.82, 2.24) is 14.5 Å². The van der Waals surface area contributed by atoms with E-state index in [1.54, 1.807) is 0 Å². The predicted molar refractivity (Wildman–Crippen MR) is 127 cm³/mol. The van der Waals surface area contributed by atoms with Crippen LogP contribution in [0.5, 0.6) is 0 Å². The van der Waals surface area contributed by atoms with Crippen molar-refractivity contribution in [1.29, 1.82) is 0 Å². The third kappa shape index (κ3) is 9.68. The van der Waals surface area contributed by atoms with E-state index in [2.05, 4.69) is 67.1 Å². The molecule has 0 unspecified atom stereocenters. The van der Waals surface area contributed by atoms with Gasteiger partial charge < -0.3 is 20.9 Å². The first-order valence-corrected chi connectivity index (χ1v) is 11.5. The number of nitrogens with zero attached hydrogens (tertiary/aromatic N) is 3. The maximum atomic E-state index is 11.7. The molecule has 1 aromatic heterocycles. The summed E-state index contributed by atoms with van der Waals surface area (Å²) >= 11 is 0. The Kier molecular flexibility index (Phi) is 11.5. The standard InChI is InChI=1S/C17H26N4O.C6H14.CH3NO/c1-20-10-5-11-21-14(12-20)16(17(18)22)19-15(21)9-4-8-13-6-2-3-7-13;1-5-6(2,3)4;2-1-3/h4,9,13H,2-3,5-8,10-12H2,1H3,(H2,18,22);5H2,1-4H3;1H,(H2,2,3)/b9-4+;;. The summed E-state index contributed by atoms with van der Waals surface area (Å²) < 4.78 is 2.18. The quantitative estimate of drug-likeness (QED) is 0.701. The second-order valence-electron chi connectivity index (χ2n) is 9.71. The van der Waals surface area contributed by atoms with Gasteiger partial charge in [0.15, 0.2) is 5.69 Å². The van der Waals surface area contributed by atoms with E-state index in [4.69, 9.17) is 10.5 Å². The molecule has 1 aromatic rings. The molecule has 2 heterocycles. The Morgan fingerprint density at radius 1 is 1.19 bits per heavy atom. The van der Waals surface area contributed by atoms with Gasteiger partial charge in [0.1, 0.15) is 5.82 Å². The molecule has 0 aromatic carbocycles. The SMILES string of the molecule is CCC(C)(C)C.CN1CCCn2c(/C=C/CC3CCCC3)nc(C(N)=O)c2C1.NC=O. The van der Waals surface area contributed by atoms with Crippen molar-refractivity contribution < 1.29 is 9.59 Å². The highest BCUT2D eigenvalue weighted by molar-refractivity contribution is 5.92. The lowest BCUT2D eigenvalue weighted by Crippen LogP contribution is -2.21. The second kappa shape index (κ2) is 13.3. The first-order chi connectivity index (χ1) is 14.6. The average Bonchev–Trinajstić information content (AvgIpc) is 3.27. The van der Waals surface area contributed by atoms with Gasteiger partial charge >= 0.3 is 0 Å². The molecule has 0 atom stereocenters. The molecule has 0 bridgehead atoms. The van der Waals surface area contributed by atoms with Crippen LogP contribution in [0, 0.1) is 11.3 Å². The number of nitrogens with two attached hydrogens (primary N) is 2. The van der Waals surface area contributed by atoms with E-state index in [1.165, 1.54) is 32.1 Å². The summed E-state index contributed by atoms with van der Waals surface area (Å²) in [5.41, 5.74) is 11.6. The Morgan fingerprint density at radius 3 is 2.29 bits per heavy atom. The van der Waals surface area contributed by atoms with Gasteiger partial charge in [-0.3, -0.25) is 9.59 Å². The lowest BCUT2D eigenvalue weighted by atomic mass is 9.94. The third-order valence-electron chi connectivity index (χ3n) is 5.95. The summed E-state index contributed by atoms with van der Waals surface area (Å²) in [6.45, 7) is 11.6. The van der Waals surface area contributed by atoms with Gasteiger partial charge in [-0.05, 0) is 43.8 Å². The number of carbonyl (C=O) groups excluding carboxylic acids is 2. The summed E-state index contributed by atoms with van der Waals surface area (Å²) in [4.78, 5) is 27.0. The molecule has 0 saturated heterocycles. The Hall–Kier alpha value is -2.15. The molecule has 7 heteroatoms. The van der Waals surface area contributed by atoms with Crippen molar-refractivity contribution in [3.05, 3.63) is 23.3 Å². The second-order valence-corrected chi connectivity index (χ2v) is 9.71. The van der Waals surface area contributed by atoms with Gasteiger partial charge in [0.25, 0.3) is 5.91 Å². The van der Waals surface area contributed by atoms with Gasteiger partial charge in [-0.1, -0.05) is 65.9 Å². The first-order valence-electron chi connectivity index (χ1n) is 11.5. The van der Waals surface area contributed by atoms with Gasteiger partial charge in [-0.25, -0.2) is 4.98 Å². The Labute approximate surface area is 188 Å². The third-order valence-corrected chi connectivity index (χ3v) is 5.95.